The minimum Gasteiger partial charge on any atom is -0.456 e. The van der Waals surface area contributed by atoms with Crippen LogP contribution in [0.15, 0.2) is 167 Å². The van der Waals surface area contributed by atoms with Crippen molar-refractivity contribution in [3.8, 4) is 33.7 Å². The molecule has 0 radical (unpaired) electrons. The summed E-state index contributed by atoms with van der Waals surface area (Å²) in [7, 11) is 0. The Morgan fingerprint density at radius 2 is 1.17 bits per heavy atom. The maximum Gasteiger partial charge on any atom is 0.227 e. The normalized spacial score (nSPS) is 13.3. The van der Waals surface area contributed by atoms with Crippen LogP contribution in [0.1, 0.15) is 25.0 Å². The molecule has 0 saturated carbocycles. The van der Waals surface area contributed by atoms with Gasteiger partial charge >= 0.3 is 0 Å². The molecule has 0 spiro atoms. The number of hydrogen-bond acceptors (Lipinski definition) is 4. The summed E-state index contributed by atoms with van der Waals surface area (Å²) in [5.41, 5.74) is 15.1. The summed E-state index contributed by atoms with van der Waals surface area (Å²) in [5.74, 6) is 0.618. The second-order valence-corrected chi connectivity index (χ2v) is 14.4. The van der Waals surface area contributed by atoms with Gasteiger partial charge in [0.2, 0.25) is 5.89 Å². The highest BCUT2D eigenvalue weighted by Gasteiger charge is 2.35. The molecular formula is C48H32N2O2. The van der Waals surface area contributed by atoms with Crippen LogP contribution < -0.4 is 4.90 Å². The van der Waals surface area contributed by atoms with Crippen molar-refractivity contribution in [1.82, 2.24) is 4.98 Å². The van der Waals surface area contributed by atoms with Gasteiger partial charge in [0.1, 0.15) is 16.7 Å². The summed E-state index contributed by atoms with van der Waals surface area (Å²) in [4.78, 5) is 7.43. The lowest BCUT2D eigenvalue weighted by Crippen LogP contribution is -2.15. The third-order valence-electron chi connectivity index (χ3n) is 11.0. The van der Waals surface area contributed by atoms with Gasteiger partial charge in [-0.05, 0) is 100 Å². The van der Waals surface area contributed by atoms with Crippen molar-refractivity contribution in [3.05, 3.63) is 169 Å². The maximum absolute atomic E-state index is 6.51. The molecule has 11 rings (SSSR count). The molecule has 0 amide bonds. The zero-order chi connectivity index (χ0) is 34.6. The summed E-state index contributed by atoms with van der Waals surface area (Å²) < 4.78 is 13.0. The van der Waals surface area contributed by atoms with E-state index >= 15 is 0 Å². The largest absolute Gasteiger partial charge is 0.456 e. The van der Waals surface area contributed by atoms with Crippen LogP contribution in [0.2, 0.25) is 0 Å². The van der Waals surface area contributed by atoms with Crippen molar-refractivity contribution >= 4 is 60.9 Å². The van der Waals surface area contributed by atoms with Gasteiger partial charge in [0.25, 0.3) is 0 Å². The van der Waals surface area contributed by atoms with E-state index in [1.54, 1.807) is 0 Å². The Morgan fingerprint density at radius 3 is 2.00 bits per heavy atom. The van der Waals surface area contributed by atoms with Crippen LogP contribution in [0.3, 0.4) is 0 Å². The number of hydrogen-bond donors (Lipinski definition) is 0. The number of rotatable bonds is 5. The predicted octanol–water partition coefficient (Wildman–Crippen LogP) is 13.4. The Hall–Kier alpha value is -6.65. The van der Waals surface area contributed by atoms with Crippen molar-refractivity contribution in [2.45, 2.75) is 19.3 Å². The molecule has 0 fully saturated rings. The molecule has 1 aliphatic rings. The van der Waals surface area contributed by atoms with Crippen molar-refractivity contribution in [2.75, 3.05) is 4.90 Å². The van der Waals surface area contributed by atoms with Crippen molar-refractivity contribution in [2.24, 2.45) is 0 Å². The monoisotopic (exact) mass is 668 g/mol. The highest BCUT2D eigenvalue weighted by atomic mass is 16.3. The fourth-order valence-corrected chi connectivity index (χ4v) is 8.55. The van der Waals surface area contributed by atoms with Crippen LogP contribution in [0, 0.1) is 0 Å². The van der Waals surface area contributed by atoms with Crippen LogP contribution >= 0.6 is 0 Å². The second kappa shape index (κ2) is 10.7. The summed E-state index contributed by atoms with van der Waals surface area (Å²) >= 11 is 0. The molecule has 0 atom stereocenters. The number of furan rings is 1. The number of para-hydroxylation sites is 1. The highest BCUT2D eigenvalue weighted by molar-refractivity contribution is 6.31. The average Bonchev–Trinajstić information content (AvgIpc) is 3.87. The fraction of sp³-hybridized carbons (Fsp3) is 0.0625. The Balaban J connectivity index is 1.05. The van der Waals surface area contributed by atoms with Crippen LogP contribution in [-0.2, 0) is 5.41 Å². The lowest BCUT2D eigenvalue weighted by atomic mass is 9.82. The number of oxazole rings is 1. The summed E-state index contributed by atoms with van der Waals surface area (Å²) in [6.45, 7) is 4.65. The quantitative estimate of drug-likeness (QED) is 0.171. The number of anilines is 3. The molecule has 4 nitrogen and oxygen atoms in total. The molecule has 0 N–H and O–H groups in total. The van der Waals surface area contributed by atoms with E-state index in [1.807, 2.05) is 42.5 Å². The van der Waals surface area contributed by atoms with Gasteiger partial charge in [0.05, 0.1) is 0 Å². The minimum absolute atomic E-state index is 0.0403. The van der Waals surface area contributed by atoms with Gasteiger partial charge in [0, 0.05) is 49.6 Å². The molecule has 10 aromatic rings. The third-order valence-corrected chi connectivity index (χ3v) is 11.0. The van der Waals surface area contributed by atoms with Gasteiger partial charge in [0.15, 0.2) is 5.58 Å². The standard InChI is InChI=1S/C48H32N2O2/c1-48(2)39-18-10-9-16-35(39)37-28-34(24-25-40(37)48)50(32-14-7-4-8-15-32)33-22-20-29(21-23-33)31-26-38-44-42(27-31)51-41-19-11-17-36(43(41)44)46-45(38)49-47(52-46)30-12-5-3-6-13-30/h3-28H,1-2H3. The van der Waals surface area contributed by atoms with Crippen LogP contribution in [-0.4, -0.2) is 4.98 Å². The van der Waals surface area contributed by atoms with Crippen LogP contribution in [0.5, 0.6) is 0 Å². The van der Waals surface area contributed by atoms with Crippen LogP contribution in [0.4, 0.5) is 17.1 Å². The zero-order valence-corrected chi connectivity index (χ0v) is 28.7. The first-order valence-corrected chi connectivity index (χ1v) is 17.8. The van der Waals surface area contributed by atoms with Gasteiger partial charge in [-0.2, -0.15) is 0 Å². The average molecular weight is 669 g/mol. The van der Waals surface area contributed by atoms with Crippen LogP contribution in [0.25, 0.3) is 77.5 Å². The predicted molar refractivity (Wildman–Crippen MR) is 213 cm³/mol. The van der Waals surface area contributed by atoms with Gasteiger partial charge in [-0.25, -0.2) is 4.98 Å². The maximum atomic E-state index is 6.51. The first kappa shape index (κ1) is 29.1. The molecule has 0 saturated heterocycles. The molecule has 8 aromatic carbocycles. The molecule has 0 bridgehead atoms. The smallest absolute Gasteiger partial charge is 0.227 e. The van der Waals surface area contributed by atoms with Crippen molar-refractivity contribution in [3.63, 3.8) is 0 Å². The van der Waals surface area contributed by atoms with E-state index in [2.05, 4.69) is 134 Å². The first-order chi connectivity index (χ1) is 25.5. The lowest BCUT2D eigenvalue weighted by Gasteiger charge is -2.27. The molecular weight excluding hydrogens is 637 g/mol. The Labute approximate surface area is 300 Å². The lowest BCUT2D eigenvalue weighted by molar-refractivity contribution is 0.623. The fourth-order valence-electron chi connectivity index (χ4n) is 8.55. The van der Waals surface area contributed by atoms with Gasteiger partial charge in [-0.3, -0.25) is 0 Å². The van der Waals surface area contributed by atoms with Gasteiger partial charge in [-0.1, -0.05) is 105 Å². The third kappa shape index (κ3) is 4.12. The topological polar surface area (TPSA) is 42.4 Å². The number of benzene rings is 8. The SMILES string of the molecule is CC1(C)c2ccccc2-c2cc(N(c3ccccc3)c3ccc(-c4cc5oc6cccc7c8oc(-c9ccccc9)nc8c(c4)c5c67)cc3)ccc21. The van der Waals surface area contributed by atoms with Crippen molar-refractivity contribution in [1.29, 1.82) is 0 Å². The molecule has 246 valence electrons. The van der Waals surface area contributed by atoms with E-state index in [4.69, 9.17) is 13.8 Å². The van der Waals surface area contributed by atoms with E-state index < -0.39 is 0 Å². The first-order valence-electron chi connectivity index (χ1n) is 17.8. The van der Waals surface area contributed by atoms with Gasteiger partial charge in [-0.15, -0.1) is 0 Å². The Kier molecular flexibility index (Phi) is 5.98. The van der Waals surface area contributed by atoms with E-state index in [-0.39, 0.29) is 5.41 Å². The Bertz CT molecular complexity index is 2970. The molecule has 2 aromatic heterocycles. The van der Waals surface area contributed by atoms with E-state index in [9.17, 15) is 0 Å². The highest BCUT2D eigenvalue weighted by Crippen LogP contribution is 2.51. The molecule has 52 heavy (non-hydrogen) atoms. The van der Waals surface area contributed by atoms with E-state index in [0.29, 0.717) is 5.89 Å². The Morgan fingerprint density at radius 1 is 0.481 bits per heavy atom. The zero-order valence-electron chi connectivity index (χ0n) is 28.7. The molecule has 2 heterocycles. The van der Waals surface area contributed by atoms with E-state index in [1.165, 1.54) is 22.3 Å². The summed E-state index contributed by atoms with van der Waals surface area (Å²) in [6, 6.07) is 55.9. The molecule has 0 unspecified atom stereocenters. The number of fused-ring (bicyclic) bond motifs is 6. The van der Waals surface area contributed by atoms with Crippen molar-refractivity contribution < 1.29 is 8.83 Å². The second-order valence-electron chi connectivity index (χ2n) is 14.4. The van der Waals surface area contributed by atoms with Gasteiger partial charge < -0.3 is 13.7 Å². The van der Waals surface area contributed by atoms with E-state index in [0.717, 1.165) is 77.6 Å². The molecule has 0 aliphatic heterocycles. The number of aromatic nitrogens is 1. The summed E-state index contributed by atoms with van der Waals surface area (Å²) in [5, 5.41) is 4.21. The number of nitrogens with zero attached hydrogens (tertiary/aromatic N) is 2. The molecule has 1 aliphatic carbocycles. The molecule has 4 heteroatoms. The minimum atomic E-state index is -0.0403. The summed E-state index contributed by atoms with van der Waals surface area (Å²) in [6.07, 6.45) is 0.